The number of carbonyl (C=O) groups excluding carboxylic acids is 3. The molecular formula is C25H21NO4. The normalized spacial score (nSPS) is 32.7. The molecule has 4 aliphatic carbocycles. The number of Topliss-reactive ketones (excluding diaryl/α,β-unsaturated/α-hetero) is 1. The van der Waals surface area contributed by atoms with Crippen LogP contribution in [0.2, 0.25) is 0 Å². The second-order valence-electron chi connectivity index (χ2n) is 8.71. The SMILES string of the molecule is O=C(COc1ccccc1N1C(=O)[C@H]2[C@@H]3C=C[C@@H]([C@H]4C[C@H]34)[C@@H]2C1=O)c1ccccc1. The van der Waals surface area contributed by atoms with Crippen LogP contribution in [-0.2, 0) is 9.59 Å². The summed E-state index contributed by atoms with van der Waals surface area (Å²) in [6.07, 6.45) is 5.46. The lowest BCUT2D eigenvalue weighted by Gasteiger charge is -2.37. The maximum atomic E-state index is 13.4. The highest BCUT2D eigenvalue weighted by Crippen LogP contribution is 2.65. The van der Waals surface area contributed by atoms with E-state index in [1.54, 1.807) is 48.5 Å². The summed E-state index contributed by atoms with van der Waals surface area (Å²) < 4.78 is 5.80. The Morgan fingerprint density at radius 3 is 2.13 bits per heavy atom. The van der Waals surface area contributed by atoms with Crippen molar-refractivity contribution in [3.63, 3.8) is 0 Å². The van der Waals surface area contributed by atoms with Gasteiger partial charge < -0.3 is 4.74 Å². The molecule has 6 atom stereocenters. The van der Waals surface area contributed by atoms with Gasteiger partial charge in [0.05, 0.1) is 17.5 Å². The lowest BCUT2D eigenvalue weighted by Crippen LogP contribution is -2.40. The molecule has 2 aromatic carbocycles. The molecular weight excluding hydrogens is 378 g/mol. The molecule has 2 bridgehead atoms. The highest BCUT2D eigenvalue weighted by molar-refractivity contribution is 6.23. The van der Waals surface area contributed by atoms with E-state index in [1.807, 2.05) is 6.07 Å². The molecule has 30 heavy (non-hydrogen) atoms. The molecule has 1 heterocycles. The molecule has 2 aromatic rings. The van der Waals surface area contributed by atoms with E-state index in [4.69, 9.17) is 4.74 Å². The second kappa shape index (κ2) is 6.39. The first-order valence-electron chi connectivity index (χ1n) is 10.5. The lowest BCUT2D eigenvalue weighted by molar-refractivity contribution is -0.124. The molecule has 5 aliphatic rings. The Hall–Kier alpha value is -3.21. The Morgan fingerprint density at radius 1 is 0.867 bits per heavy atom. The minimum absolute atomic E-state index is 0.125. The maximum absolute atomic E-state index is 13.4. The minimum atomic E-state index is -0.254. The van der Waals surface area contributed by atoms with Gasteiger partial charge in [-0.2, -0.15) is 0 Å². The van der Waals surface area contributed by atoms with E-state index in [0.717, 1.165) is 6.42 Å². The molecule has 5 nitrogen and oxygen atoms in total. The van der Waals surface area contributed by atoms with Crippen LogP contribution < -0.4 is 9.64 Å². The van der Waals surface area contributed by atoms with Crippen molar-refractivity contribution in [3.05, 3.63) is 72.3 Å². The van der Waals surface area contributed by atoms with E-state index in [1.165, 1.54) is 4.90 Å². The summed E-state index contributed by atoms with van der Waals surface area (Å²) in [5.41, 5.74) is 1.01. The van der Waals surface area contributed by atoms with Crippen molar-refractivity contribution in [2.75, 3.05) is 11.5 Å². The van der Waals surface area contributed by atoms with Gasteiger partial charge in [-0.25, -0.2) is 4.90 Å². The van der Waals surface area contributed by atoms with Crippen molar-refractivity contribution >= 4 is 23.3 Å². The van der Waals surface area contributed by atoms with Crippen molar-refractivity contribution in [2.45, 2.75) is 6.42 Å². The summed E-state index contributed by atoms with van der Waals surface area (Å²) in [7, 11) is 0. The van der Waals surface area contributed by atoms with Crippen LogP contribution in [0.5, 0.6) is 5.75 Å². The van der Waals surface area contributed by atoms with Crippen LogP contribution in [0.25, 0.3) is 0 Å². The van der Waals surface area contributed by atoms with Crippen molar-refractivity contribution in [3.8, 4) is 5.75 Å². The van der Waals surface area contributed by atoms with Gasteiger partial charge in [0, 0.05) is 5.56 Å². The third-order valence-electron chi connectivity index (χ3n) is 7.22. The summed E-state index contributed by atoms with van der Waals surface area (Å²) in [6.45, 7) is -0.152. The molecule has 2 amide bonds. The zero-order valence-electron chi connectivity index (χ0n) is 16.3. The third-order valence-corrected chi connectivity index (χ3v) is 7.22. The molecule has 5 heteroatoms. The minimum Gasteiger partial charge on any atom is -0.483 e. The van der Waals surface area contributed by atoms with Gasteiger partial charge in [-0.15, -0.1) is 0 Å². The van der Waals surface area contributed by atoms with Crippen LogP contribution in [0, 0.1) is 35.5 Å². The molecule has 1 saturated heterocycles. The van der Waals surface area contributed by atoms with Gasteiger partial charge in [0.15, 0.2) is 12.4 Å². The first-order chi connectivity index (χ1) is 14.6. The van der Waals surface area contributed by atoms with Gasteiger partial charge in [-0.3, -0.25) is 14.4 Å². The van der Waals surface area contributed by atoms with Crippen LogP contribution >= 0.6 is 0 Å². The maximum Gasteiger partial charge on any atom is 0.238 e. The van der Waals surface area contributed by atoms with Crippen molar-refractivity contribution in [1.82, 2.24) is 0 Å². The van der Waals surface area contributed by atoms with Crippen LogP contribution in [-0.4, -0.2) is 24.2 Å². The Labute approximate surface area is 174 Å². The molecule has 2 saturated carbocycles. The Kier molecular flexibility index (Phi) is 3.76. The van der Waals surface area contributed by atoms with Crippen LogP contribution in [0.1, 0.15) is 16.8 Å². The largest absolute Gasteiger partial charge is 0.483 e. The second-order valence-corrected chi connectivity index (χ2v) is 8.71. The number of nitrogens with zero attached hydrogens (tertiary/aromatic N) is 1. The van der Waals surface area contributed by atoms with Gasteiger partial charge in [0.2, 0.25) is 11.8 Å². The smallest absolute Gasteiger partial charge is 0.238 e. The summed E-state index contributed by atoms with van der Waals surface area (Å²) in [5, 5.41) is 0. The molecule has 0 radical (unpaired) electrons. The van der Waals surface area contributed by atoms with Gasteiger partial charge >= 0.3 is 0 Å². The summed E-state index contributed by atoms with van der Waals surface area (Å²) in [4.78, 5) is 40.5. The monoisotopic (exact) mass is 399 g/mol. The number of ketones is 1. The fourth-order valence-corrected chi connectivity index (χ4v) is 5.81. The molecule has 3 fully saturated rings. The predicted octanol–water partition coefficient (Wildman–Crippen LogP) is 3.51. The molecule has 7 rings (SSSR count). The number of rotatable bonds is 5. The van der Waals surface area contributed by atoms with Crippen LogP contribution in [0.3, 0.4) is 0 Å². The van der Waals surface area contributed by atoms with E-state index in [-0.39, 0.29) is 47.9 Å². The average molecular weight is 399 g/mol. The van der Waals surface area contributed by atoms with E-state index in [2.05, 4.69) is 12.2 Å². The molecule has 1 aliphatic heterocycles. The van der Waals surface area contributed by atoms with Gasteiger partial charge in [-0.1, -0.05) is 54.6 Å². The average Bonchev–Trinajstić information content (AvgIpc) is 3.56. The van der Waals surface area contributed by atoms with E-state index in [9.17, 15) is 14.4 Å². The number of anilines is 1. The summed E-state index contributed by atoms with van der Waals surface area (Å²) in [6, 6.07) is 15.9. The number of carbonyl (C=O) groups is 3. The number of para-hydroxylation sites is 2. The van der Waals surface area contributed by atoms with Gasteiger partial charge in [-0.05, 0) is 42.2 Å². The number of amides is 2. The van der Waals surface area contributed by atoms with E-state index in [0.29, 0.717) is 28.8 Å². The first-order valence-corrected chi connectivity index (χ1v) is 10.5. The Morgan fingerprint density at radius 2 is 1.47 bits per heavy atom. The third kappa shape index (κ3) is 2.44. The van der Waals surface area contributed by atoms with Crippen molar-refractivity contribution in [1.29, 1.82) is 0 Å². The quantitative estimate of drug-likeness (QED) is 0.439. The van der Waals surface area contributed by atoms with Crippen molar-refractivity contribution < 1.29 is 19.1 Å². The van der Waals surface area contributed by atoms with Crippen LogP contribution in [0.4, 0.5) is 5.69 Å². The lowest BCUT2D eigenvalue weighted by atomic mass is 9.63. The number of benzene rings is 2. The number of allylic oxidation sites excluding steroid dienone is 2. The van der Waals surface area contributed by atoms with E-state index < -0.39 is 0 Å². The molecule has 0 aromatic heterocycles. The molecule has 0 N–H and O–H groups in total. The number of hydrogen-bond acceptors (Lipinski definition) is 4. The number of ether oxygens (including phenoxy) is 1. The summed E-state index contributed by atoms with van der Waals surface area (Å²) >= 11 is 0. The zero-order valence-corrected chi connectivity index (χ0v) is 16.3. The Balaban J connectivity index is 1.28. The standard InChI is InChI=1S/C25H21NO4/c27-20(14-6-2-1-3-7-14)13-30-21-9-5-4-8-19(21)26-24(28)22-15-10-11-16(18-12-17(15)18)23(22)25(26)29/h1-11,15-18,22-23H,12-13H2/t15-,16+,17-,18-,22+,23+/m1/s1. The fourth-order valence-electron chi connectivity index (χ4n) is 5.81. The molecule has 0 spiro atoms. The van der Waals surface area contributed by atoms with Crippen molar-refractivity contribution in [2.24, 2.45) is 35.5 Å². The highest BCUT2D eigenvalue weighted by Gasteiger charge is 2.67. The van der Waals surface area contributed by atoms with E-state index >= 15 is 0 Å². The summed E-state index contributed by atoms with van der Waals surface area (Å²) in [5.74, 6) is 0.957. The zero-order chi connectivity index (χ0) is 20.4. The van der Waals surface area contributed by atoms with Crippen LogP contribution in [0.15, 0.2) is 66.7 Å². The first kappa shape index (κ1) is 17.6. The number of imide groups is 1. The number of hydrogen-bond donors (Lipinski definition) is 0. The molecule has 0 unspecified atom stereocenters. The van der Waals surface area contributed by atoms with Gasteiger partial charge in [0.1, 0.15) is 5.75 Å². The molecule has 150 valence electrons. The fraction of sp³-hybridized carbons (Fsp3) is 0.320. The topological polar surface area (TPSA) is 63.7 Å². The van der Waals surface area contributed by atoms with Gasteiger partial charge in [0.25, 0.3) is 0 Å². The Bertz CT molecular complexity index is 1060. The predicted molar refractivity (Wildman–Crippen MR) is 110 cm³/mol. The highest BCUT2D eigenvalue weighted by atomic mass is 16.5.